The van der Waals surface area contributed by atoms with E-state index >= 15 is 0 Å². The standard InChI is InChI=1S/C23H29N3O2/c27-23(25-18-11-13-19(14-12-18)26-15-5-6-16-26)17-24-21-9-3-4-10-22(21)28-20-7-1-2-8-20/h3-4,9-14,20,24H,1-2,5-8,15-17H2,(H,25,27). The number of nitrogens with zero attached hydrogens (tertiary/aromatic N) is 1. The Hall–Kier alpha value is -2.69. The second-order valence-electron chi connectivity index (χ2n) is 7.66. The van der Waals surface area contributed by atoms with Crippen LogP contribution in [0.5, 0.6) is 5.75 Å². The van der Waals surface area contributed by atoms with Gasteiger partial charge in [-0.15, -0.1) is 0 Å². The van der Waals surface area contributed by atoms with Crippen LogP contribution in [-0.2, 0) is 4.79 Å². The smallest absolute Gasteiger partial charge is 0.243 e. The minimum Gasteiger partial charge on any atom is -0.488 e. The summed E-state index contributed by atoms with van der Waals surface area (Å²) in [6.07, 6.45) is 7.51. The van der Waals surface area contributed by atoms with E-state index in [2.05, 4.69) is 27.7 Å². The summed E-state index contributed by atoms with van der Waals surface area (Å²) in [7, 11) is 0. The van der Waals surface area contributed by atoms with Gasteiger partial charge < -0.3 is 20.3 Å². The molecule has 4 rings (SSSR count). The molecule has 0 spiro atoms. The van der Waals surface area contributed by atoms with Crippen LogP contribution in [-0.4, -0.2) is 31.6 Å². The molecule has 1 aliphatic carbocycles. The summed E-state index contributed by atoms with van der Waals surface area (Å²) in [5.41, 5.74) is 2.92. The van der Waals surface area contributed by atoms with Crippen LogP contribution in [0.15, 0.2) is 48.5 Å². The van der Waals surface area contributed by atoms with Crippen molar-refractivity contribution in [2.45, 2.75) is 44.6 Å². The van der Waals surface area contributed by atoms with E-state index in [1.165, 1.54) is 31.4 Å². The minimum atomic E-state index is -0.0652. The maximum atomic E-state index is 12.4. The number of benzene rings is 2. The van der Waals surface area contributed by atoms with Crippen LogP contribution < -0.4 is 20.3 Å². The second kappa shape index (κ2) is 9.00. The Kier molecular flexibility index (Phi) is 6.00. The predicted molar refractivity (Wildman–Crippen MR) is 114 cm³/mol. The highest BCUT2D eigenvalue weighted by Crippen LogP contribution is 2.29. The summed E-state index contributed by atoms with van der Waals surface area (Å²) in [6, 6.07) is 16.0. The first-order valence-corrected chi connectivity index (χ1v) is 10.4. The Morgan fingerprint density at radius 2 is 1.68 bits per heavy atom. The lowest BCUT2D eigenvalue weighted by atomic mass is 10.2. The highest BCUT2D eigenvalue weighted by atomic mass is 16.5. The van der Waals surface area contributed by atoms with E-state index in [0.717, 1.165) is 43.1 Å². The number of carbonyl (C=O) groups excluding carboxylic acids is 1. The van der Waals surface area contributed by atoms with Gasteiger partial charge in [-0.1, -0.05) is 12.1 Å². The van der Waals surface area contributed by atoms with Gasteiger partial charge >= 0.3 is 0 Å². The second-order valence-corrected chi connectivity index (χ2v) is 7.66. The van der Waals surface area contributed by atoms with Gasteiger partial charge in [0.15, 0.2) is 0 Å². The Balaban J connectivity index is 1.29. The maximum Gasteiger partial charge on any atom is 0.243 e. The third kappa shape index (κ3) is 4.77. The fourth-order valence-corrected chi connectivity index (χ4v) is 4.01. The number of nitrogens with one attached hydrogen (secondary N) is 2. The molecule has 0 atom stereocenters. The summed E-state index contributed by atoms with van der Waals surface area (Å²) in [5.74, 6) is 0.766. The number of hydrogen-bond donors (Lipinski definition) is 2. The van der Waals surface area contributed by atoms with E-state index in [-0.39, 0.29) is 12.5 Å². The molecule has 0 radical (unpaired) electrons. The van der Waals surface area contributed by atoms with Crippen molar-refractivity contribution >= 4 is 23.0 Å². The number of para-hydroxylation sites is 2. The molecule has 1 amide bonds. The molecule has 0 aromatic heterocycles. The molecule has 2 aromatic rings. The van der Waals surface area contributed by atoms with E-state index in [1.54, 1.807) is 0 Å². The lowest BCUT2D eigenvalue weighted by Gasteiger charge is -2.18. The van der Waals surface area contributed by atoms with Crippen molar-refractivity contribution in [3.05, 3.63) is 48.5 Å². The van der Waals surface area contributed by atoms with Crippen LogP contribution >= 0.6 is 0 Å². The molecule has 5 nitrogen and oxygen atoms in total. The molecule has 1 aliphatic heterocycles. The number of hydrogen-bond acceptors (Lipinski definition) is 4. The fraction of sp³-hybridized carbons (Fsp3) is 0.435. The molecule has 2 fully saturated rings. The van der Waals surface area contributed by atoms with Crippen molar-refractivity contribution in [3.8, 4) is 5.75 Å². The molecule has 5 heteroatoms. The lowest BCUT2D eigenvalue weighted by molar-refractivity contribution is -0.114. The van der Waals surface area contributed by atoms with E-state index in [1.807, 2.05) is 36.4 Å². The molecule has 2 aliphatic rings. The van der Waals surface area contributed by atoms with Crippen molar-refractivity contribution in [1.29, 1.82) is 0 Å². The van der Waals surface area contributed by atoms with E-state index in [4.69, 9.17) is 4.74 Å². The highest BCUT2D eigenvalue weighted by Gasteiger charge is 2.18. The zero-order valence-electron chi connectivity index (χ0n) is 16.3. The molecule has 28 heavy (non-hydrogen) atoms. The van der Waals surface area contributed by atoms with Gasteiger partial charge in [0.05, 0.1) is 18.3 Å². The molecular weight excluding hydrogens is 350 g/mol. The molecule has 1 heterocycles. The predicted octanol–water partition coefficient (Wildman–Crippen LogP) is 4.66. The van der Waals surface area contributed by atoms with Gasteiger partial charge in [0, 0.05) is 24.5 Å². The van der Waals surface area contributed by atoms with Crippen LogP contribution in [0.25, 0.3) is 0 Å². The van der Waals surface area contributed by atoms with E-state index in [0.29, 0.717) is 6.10 Å². The number of amides is 1. The Morgan fingerprint density at radius 1 is 0.964 bits per heavy atom. The number of carbonyl (C=O) groups is 1. The van der Waals surface area contributed by atoms with Gasteiger partial charge in [0.1, 0.15) is 5.75 Å². The summed E-state index contributed by atoms with van der Waals surface area (Å²) in [6.45, 7) is 2.45. The molecular formula is C23H29N3O2. The molecule has 0 bridgehead atoms. The molecule has 1 saturated carbocycles. The first-order chi connectivity index (χ1) is 13.8. The van der Waals surface area contributed by atoms with Gasteiger partial charge in [-0.25, -0.2) is 0 Å². The maximum absolute atomic E-state index is 12.4. The topological polar surface area (TPSA) is 53.6 Å². The highest BCUT2D eigenvalue weighted by molar-refractivity contribution is 5.94. The van der Waals surface area contributed by atoms with E-state index in [9.17, 15) is 4.79 Å². The third-order valence-corrected chi connectivity index (χ3v) is 5.54. The molecule has 148 valence electrons. The normalized spacial score (nSPS) is 16.9. The summed E-state index contributed by atoms with van der Waals surface area (Å²) >= 11 is 0. The minimum absolute atomic E-state index is 0.0652. The van der Waals surface area contributed by atoms with Crippen LogP contribution in [0.1, 0.15) is 38.5 Å². The molecule has 2 aromatic carbocycles. The van der Waals surface area contributed by atoms with Crippen LogP contribution in [0.2, 0.25) is 0 Å². The van der Waals surface area contributed by atoms with Crippen LogP contribution in [0.4, 0.5) is 17.1 Å². The monoisotopic (exact) mass is 379 g/mol. The lowest BCUT2D eigenvalue weighted by Crippen LogP contribution is -2.22. The average molecular weight is 380 g/mol. The summed E-state index contributed by atoms with van der Waals surface area (Å²) in [5, 5.41) is 6.18. The number of rotatable bonds is 7. The van der Waals surface area contributed by atoms with Crippen LogP contribution in [0, 0.1) is 0 Å². The third-order valence-electron chi connectivity index (χ3n) is 5.54. The number of anilines is 3. The zero-order chi connectivity index (χ0) is 19.2. The van der Waals surface area contributed by atoms with Crippen molar-refractivity contribution in [2.75, 3.05) is 35.2 Å². The largest absolute Gasteiger partial charge is 0.488 e. The Morgan fingerprint density at radius 3 is 2.43 bits per heavy atom. The van der Waals surface area contributed by atoms with Gasteiger partial charge in [-0.05, 0) is 74.9 Å². The first-order valence-electron chi connectivity index (χ1n) is 10.4. The van der Waals surface area contributed by atoms with Gasteiger partial charge in [-0.2, -0.15) is 0 Å². The Bertz CT molecular complexity index is 779. The first kappa shape index (κ1) is 18.7. The van der Waals surface area contributed by atoms with Gasteiger partial charge in [0.2, 0.25) is 5.91 Å². The Labute approximate surface area is 167 Å². The molecule has 0 unspecified atom stereocenters. The van der Waals surface area contributed by atoms with Crippen molar-refractivity contribution in [2.24, 2.45) is 0 Å². The van der Waals surface area contributed by atoms with Crippen LogP contribution in [0.3, 0.4) is 0 Å². The number of ether oxygens (including phenoxy) is 1. The molecule has 2 N–H and O–H groups in total. The molecule has 1 saturated heterocycles. The fourth-order valence-electron chi connectivity index (χ4n) is 4.01. The quantitative estimate of drug-likeness (QED) is 0.735. The zero-order valence-corrected chi connectivity index (χ0v) is 16.3. The van der Waals surface area contributed by atoms with Gasteiger partial charge in [-0.3, -0.25) is 4.79 Å². The average Bonchev–Trinajstić information content (AvgIpc) is 3.42. The van der Waals surface area contributed by atoms with E-state index < -0.39 is 0 Å². The van der Waals surface area contributed by atoms with Crippen molar-refractivity contribution in [3.63, 3.8) is 0 Å². The summed E-state index contributed by atoms with van der Waals surface area (Å²) in [4.78, 5) is 14.7. The van der Waals surface area contributed by atoms with Gasteiger partial charge in [0.25, 0.3) is 0 Å². The van der Waals surface area contributed by atoms with Crippen molar-refractivity contribution < 1.29 is 9.53 Å². The summed E-state index contributed by atoms with van der Waals surface area (Å²) < 4.78 is 6.12. The van der Waals surface area contributed by atoms with Crippen molar-refractivity contribution in [1.82, 2.24) is 0 Å². The SMILES string of the molecule is O=C(CNc1ccccc1OC1CCCC1)Nc1ccc(N2CCCC2)cc1.